The molecule has 1 heterocycles. The van der Waals surface area contributed by atoms with Crippen LogP contribution in [0.4, 0.5) is 11.4 Å². The molecular weight excluding hydrogens is 224 g/mol. The van der Waals surface area contributed by atoms with Gasteiger partial charge in [-0.25, -0.2) is 0 Å². The Morgan fingerprint density at radius 3 is 2.72 bits per heavy atom. The van der Waals surface area contributed by atoms with Gasteiger partial charge in [0.25, 0.3) is 0 Å². The van der Waals surface area contributed by atoms with Gasteiger partial charge in [-0.15, -0.1) is 0 Å². The van der Waals surface area contributed by atoms with Crippen molar-refractivity contribution in [2.24, 2.45) is 11.3 Å². The summed E-state index contributed by atoms with van der Waals surface area (Å²) in [6.07, 6.45) is 1.76. The Bertz CT molecular complexity index is 481. The number of carbonyl (C=O) groups is 1. The lowest BCUT2D eigenvalue weighted by atomic mass is 9.69. The van der Waals surface area contributed by atoms with E-state index in [1.807, 2.05) is 12.1 Å². The highest BCUT2D eigenvalue weighted by atomic mass is 16.1. The van der Waals surface area contributed by atoms with E-state index in [0.29, 0.717) is 12.2 Å². The van der Waals surface area contributed by atoms with Crippen molar-refractivity contribution < 1.29 is 4.79 Å². The largest absolute Gasteiger partial charge is 0.383 e. The van der Waals surface area contributed by atoms with Crippen molar-refractivity contribution in [3.8, 4) is 0 Å². The Morgan fingerprint density at radius 2 is 1.94 bits per heavy atom. The number of para-hydroxylation sites is 2. The third-order valence-corrected chi connectivity index (χ3v) is 4.10. The number of ketones is 1. The van der Waals surface area contributed by atoms with Gasteiger partial charge in [0, 0.05) is 19.0 Å². The van der Waals surface area contributed by atoms with E-state index in [4.69, 9.17) is 0 Å². The lowest BCUT2D eigenvalue weighted by molar-refractivity contribution is -0.127. The number of benzene rings is 1. The standard InChI is InChI=1S/C15H20N2O/c1-15(2)7-13-10(14(18)8-15)9-16-11-5-3-4-6-12(11)17-13/h3-6,10,13,16-17H,7-9H2,1-2H3/t10-,13-/m0/s1. The topological polar surface area (TPSA) is 41.1 Å². The summed E-state index contributed by atoms with van der Waals surface area (Å²) >= 11 is 0. The van der Waals surface area contributed by atoms with Crippen LogP contribution in [-0.2, 0) is 4.79 Å². The molecular formula is C15H20N2O. The fourth-order valence-electron chi connectivity index (χ4n) is 3.23. The molecule has 0 unspecified atom stereocenters. The van der Waals surface area contributed by atoms with Crippen LogP contribution in [0.2, 0.25) is 0 Å². The first kappa shape index (κ1) is 11.6. The van der Waals surface area contributed by atoms with Gasteiger partial charge < -0.3 is 10.6 Å². The zero-order valence-electron chi connectivity index (χ0n) is 11.0. The Hall–Kier alpha value is -1.51. The highest BCUT2D eigenvalue weighted by Crippen LogP contribution is 2.40. The Morgan fingerprint density at radius 1 is 1.22 bits per heavy atom. The highest BCUT2D eigenvalue weighted by molar-refractivity contribution is 5.86. The smallest absolute Gasteiger partial charge is 0.140 e. The van der Waals surface area contributed by atoms with Crippen molar-refractivity contribution in [2.45, 2.75) is 32.7 Å². The summed E-state index contributed by atoms with van der Waals surface area (Å²) in [6, 6.07) is 8.46. The molecule has 0 bridgehead atoms. The maximum absolute atomic E-state index is 12.3. The summed E-state index contributed by atoms with van der Waals surface area (Å²) < 4.78 is 0. The molecule has 3 heteroatoms. The van der Waals surface area contributed by atoms with Crippen LogP contribution in [0.3, 0.4) is 0 Å². The summed E-state index contributed by atoms with van der Waals surface area (Å²) in [6.45, 7) is 5.13. The number of fused-ring (bicyclic) bond motifs is 2. The lowest BCUT2D eigenvalue weighted by Crippen LogP contribution is -2.46. The molecule has 1 saturated carbocycles. The Labute approximate surface area is 108 Å². The van der Waals surface area contributed by atoms with Gasteiger partial charge in [-0.2, -0.15) is 0 Å². The molecule has 0 spiro atoms. The molecule has 3 rings (SSSR count). The number of nitrogens with one attached hydrogen (secondary N) is 2. The Balaban J connectivity index is 1.92. The molecule has 18 heavy (non-hydrogen) atoms. The first-order valence-corrected chi connectivity index (χ1v) is 6.67. The minimum absolute atomic E-state index is 0.102. The van der Waals surface area contributed by atoms with Gasteiger partial charge >= 0.3 is 0 Å². The van der Waals surface area contributed by atoms with E-state index in [2.05, 4.69) is 36.6 Å². The van der Waals surface area contributed by atoms with Crippen LogP contribution < -0.4 is 10.6 Å². The van der Waals surface area contributed by atoms with Crippen LogP contribution in [-0.4, -0.2) is 18.4 Å². The van der Waals surface area contributed by atoms with Crippen molar-refractivity contribution in [3.05, 3.63) is 24.3 Å². The quantitative estimate of drug-likeness (QED) is 0.737. The number of anilines is 2. The van der Waals surface area contributed by atoms with Gasteiger partial charge in [-0.1, -0.05) is 26.0 Å². The fraction of sp³-hybridized carbons (Fsp3) is 0.533. The molecule has 0 amide bonds. The maximum Gasteiger partial charge on any atom is 0.140 e. The second-order valence-corrected chi connectivity index (χ2v) is 6.30. The second kappa shape index (κ2) is 4.01. The normalized spacial score (nSPS) is 29.3. The number of hydrogen-bond donors (Lipinski definition) is 2. The SMILES string of the molecule is CC1(C)CC(=O)[C@H]2CNc3ccccc3N[C@H]2C1. The van der Waals surface area contributed by atoms with Gasteiger partial charge in [0.05, 0.1) is 17.3 Å². The van der Waals surface area contributed by atoms with E-state index in [1.54, 1.807) is 0 Å². The summed E-state index contributed by atoms with van der Waals surface area (Å²) in [4.78, 5) is 12.3. The monoisotopic (exact) mass is 244 g/mol. The van der Waals surface area contributed by atoms with Crippen LogP contribution in [0.1, 0.15) is 26.7 Å². The first-order valence-electron chi connectivity index (χ1n) is 6.67. The number of Topliss-reactive ketones (excluding diaryl/α,β-unsaturated/α-hetero) is 1. The molecule has 1 fully saturated rings. The molecule has 0 radical (unpaired) electrons. The molecule has 96 valence electrons. The fourth-order valence-corrected chi connectivity index (χ4v) is 3.23. The van der Waals surface area contributed by atoms with Gasteiger partial charge in [-0.3, -0.25) is 4.79 Å². The molecule has 0 saturated heterocycles. The van der Waals surface area contributed by atoms with Crippen molar-refractivity contribution in [1.29, 1.82) is 0 Å². The summed E-state index contributed by atoms with van der Waals surface area (Å²) in [7, 11) is 0. The van der Waals surface area contributed by atoms with Gasteiger partial charge in [0.15, 0.2) is 0 Å². The molecule has 2 atom stereocenters. The third-order valence-electron chi connectivity index (χ3n) is 4.10. The van der Waals surface area contributed by atoms with E-state index in [0.717, 1.165) is 24.3 Å². The van der Waals surface area contributed by atoms with E-state index >= 15 is 0 Å². The minimum atomic E-state index is 0.102. The van der Waals surface area contributed by atoms with Crippen LogP contribution in [0.15, 0.2) is 24.3 Å². The molecule has 1 aromatic rings. The number of rotatable bonds is 0. The molecule has 1 aliphatic heterocycles. The first-order chi connectivity index (χ1) is 8.55. The number of carbonyl (C=O) groups excluding carboxylic acids is 1. The summed E-state index contributed by atoms with van der Waals surface area (Å²) in [5.41, 5.74) is 2.35. The van der Waals surface area contributed by atoms with Crippen molar-refractivity contribution in [2.75, 3.05) is 17.2 Å². The molecule has 1 aromatic carbocycles. The van der Waals surface area contributed by atoms with Crippen LogP contribution in [0, 0.1) is 11.3 Å². The molecule has 3 nitrogen and oxygen atoms in total. The van der Waals surface area contributed by atoms with Crippen LogP contribution in [0.5, 0.6) is 0 Å². The molecule has 0 aromatic heterocycles. The Kier molecular flexibility index (Phi) is 2.58. The summed E-state index contributed by atoms with van der Waals surface area (Å²) in [5, 5.41) is 6.96. The van der Waals surface area contributed by atoms with E-state index < -0.39 is 0 Å². The summed E-state index contributed by atoms with van der Waals surface area (Å²) in [5.74, 6) is 0.495. The predicted molar refractivity (Wildman–Crippen MR) is 73.9 cm³/mol. The zero-order chi connectivity index (χ0) is 12.8. The van der Waals surface area contributed by atoms with Crippen LogP contribution >= 0.6 is 0 Å². The third kappa shape index (κ3) is 1.98. The molecule has 1 aliphatic carbocycles. The lowest BCUT2D eigenvalue weighted by Gasteiger charge is -2.39. The van der Waals surface area contributed by atoms with E-state index in [1.165, 1.54) is 0 Å². The average Bonchev–Trinajstić information content (AvgIpc) is 2.46. The second-order valence-electron chi connectivity index (χ2n) is 6.30. The highest BCUT2D eigenvalue weighted by Gasteiger charge is 2.41. The van der Waals surface area contributed by atoms with Crippen molar-refractivity contribution in [3.63, 3.8) is 0 Å². The maximum atomic E-state index is 12.3. The van der Waals surface area contributed by atoms with Gasteiger partial charge in [-0.05, 0) is 24.0 Å². The molecule has 2 aliphatic rings. The molecule has 2 N–H and O–H groups in total. The predicted octanol–water partition coefficient (Wildman–Crippen LogP) is 2.90. The van der Waals surface area contributed by atoms with E-state index in [-0.39, 0.29) is 17.4 Å². The van der Waals surface area contributed by atoms with Gasteiger partial charge in [0.1, 0.15) is 5.78 Å². The number of hydrogen-bond acceptors (Lipinski definition) is 3. The minimum Gasteiger partial charge on any atom is -0.383 e. The van der Waals surface area contributed by atoms with E-state index in [9.17, 15) is 4.79 Å². The van der Waals surface area contributed by atoms with Crippen molar-refractivity contribution in [1.82, 2.24) is 0 Å². The van der Waals surface area contributed by atoms with Crippen molar-refractivity contribution >= 4 is 17.2 Å². The van der Waals surface area contributed by atoms with Crippen LogP contribution in [0.25, 0.3) is 0 Å². The zero-order valence-corrected chi connectivity index (χ0v) is 11.0. The average molecular weight is 244 g/mol. The van der Waals surface area contributed by atoms with Gasteiger partial charge in [0.2, 0.25) is 0 Å².